The molecule has 78 valence electrons. The van der Waals surface area contributed by atoms with E-state index in [0.717, 1.165) is 0 Å². The lowest BCUT2D eigenvalue weighted by Crippen LogP contribution is -2.42. The summed E-state index contributed by atoms with van der Waals surface area (Å²) in [5.74, 6) is 0.0146. The summed E-state index contributed by atoms with van der Waals surface area (Å²) < 4.78 is 5.65. The summed E-state index contributed by atoms with van der Waals surface area (Å²) in [6.45, 7) is 10.8. The second-order valence-corrected chi connectivity index (χ2v) is 9.80. The number of ketones is 1. The van der Waals surface area contributed by atoms with Crippen LogP contribution in [0.5, 0.6) is 0 Å². The van der Waals surface area contributed by atoms with Gasteiger partial charge in [-0.2, -0.15) is 0 Å². The van der Waals surface area contributed by atoms with Crippen LogP contribution in [0.15, 0.2) is 0 Å². The number of hydrogen-bond donors (Lipinski definition) is 0. The number of rotatable bonds is 4. The van der Waals surface area contributed by atoms with Crippen LogP contribution in [0.3, 0.4) is 0 Å². The van der Waals surface area contributed by atoms with Crippen LogP contribution in [0.2, 0.25) is 18.1 Å². The topological polar surface area (TPSA) is 26.3 Å². The smallest absolute Gasteiger partial charge is 0.192 e. The first kappa shape index (κ1) is 13.1. The van der Waals surface area contributed by atoms with Crippen molar-refractivity contribution in [2.24, 2.45) is 0 Å². The third kappa shape index (κ3) is 4.25. The van der Waals surface area contributed by atoms with Crippen molar-refractivity contribution in [2.75, 3.05) is 12.5 Å². The Morgan fingerprint density at radius 1 is 1.38 bits per heavy atom. The minimum Gasteiger partial charge on any atom is -0.409 e. The van der Waals surface area contributed by atoms with Crippen molar-refractivity contribution in [3.05, 3.63) is 0 Å². The number of carbonyl (C=O) groups excluding carboxylic acids is 1. The summed E-state index contributed by atoms with van der Waals surface area (Å²) in [5.41, 5.74) is 0. The van der Waals surface area contributed by atoms with E-state index in [-0.39, 0.29) is 23.3 Å². The van der Waals surface area contributed by atoms with Crippen molar-refractivity contribution < 1.29 is 9.22 Å². The molecule has 0 atom stereocenters. The molecule has 0 aromatic rings. The van der Waals surface area contributed by atoms with Gasteiger partial charge in [0.25, 0.3) is 0 Å². The molecule has 0 rings (SSSR count). The molecular weight excluding hydrogens is 204 g/mol. The van der Waals surface area contributed by atoms with E-state index in [0.29, 0.717) is 0 Å². The van der Waals surface area contributed by atoms with Crippen LogP contribution in [0.4, 0.5) is 0 Å². The number of hydrogen-bond acceptors (Lipinski definition) is 2. The van der Waals surface area contributed by atoms with Gasteiger partial charge in [0.2, 0.25) is 0 Å². The molecule has 0 aliphatic carbocycles. The van der Waals surface area contributed by atoms with Crippen molar-refractivity contribution in [3.63, 3.8) is 0 Å². The SMILES string of the molecule is CC(C)(C)[Si](C)(C)OCC(=O)CCl. The molecule has 13 heavy (non-hydrogen) atoms. The predicted molar refractivity (Wildman–Crippen MR) is 58.9 cm³/mol. The van der Waals surface area contributed by atoms with Crippen LogP contribution in [-0.2, 0) is 9.22 Å². The predicted octanol–water partition coefficient (Wildman–Crippen LogP) is 2.82. The molecule has 0 aliphatic rings. The van der Waals surface area contributed by atoms with Crippen molar-refractivity contribution >= 4 is 25.7 Å². The molecule has 2 nitrogen and oxygen atoms in total. The maximum atomic E-state index is 11.0. The van der Waals surface area contributed by atoms with Crippen LogP contribution >= 0.6 is 11.6 Å². The van der Waals surface area contributed by atoms with Crippen molar-refractivity contribution in [1.29, 1.82) is 0 Å². The molecule has 4 heteroatoms. The number of Topliss-reactive ketones (excluding diaryl/α,β-unsaturated/α-hetero) is 1. The van der Waals surface area contributed by atoms with Gasteiger partial charge >= 0.3 is 0 Å². The molecule has 0 bridgehead atoms. The van der Waals surface area contributed by atoms with Gasteiger partial charge in [-0.25, -0.2) is 0 Å². The van der Waals surface area contributed by atoms with E-state index in [4.69, 9.17) is 16.0 Å². The Bertz CT molecular complexity index is 185. The molecular formula is C9H19ClO2Si. The first-order chi connectivity index (χ1) is 5.70. The molecule has 0 aromatic heterocycles. The molecule has 0 aliphatic heterocycles. The van der Waals surface area contributed by atoms with E-state index in [1.54, 1.807) is 0 Å². The Morgan fingerprint density at radius 2 is 1.85 bits per heavy atom. The van der Waals surface area contributed by atoms with Crippen LogP contribution in [0.25, 0.3) is 0 Å². The van der Waals surface area contributed by atoms with Gasteiger partial charge in [0, 0.05) is 0 Å². The molecule has 0 spiro atoms. The van der Waals surface area contributed by atoms with Gasteiger partial charge in [-0.1, -0.05) is 20.8 Å². The maximum absolute atomic E-state index is 11.0. The molecule has 0 aromatic carbocycles. The summed E-state index contributed by atoms with van der Waals surface area (Å²) in [4.78, 5) is 11.0. The van der Waals surface area contributed by atoms with E-state index in [1.165, 1.54) is 0 Å². The Kier molecular flexibility index (Phi) is 4.62. The first-order valence-corrected chi connectivity index (χ1v) is 7.86. The lowest BCUT2D eigenvalue weighted by Gasteiger charge is -2.35. The second-order valence-electron chi connectivity index (χ2n) is 4.72. The highest BCUT2D eigenvalue weighted by molar-refractivity contribution is 6.74. The van der Waals surface area contributed by atoms with Gasteiger partial charge in [0.05, 0.1) is 12.5 Å². The monoisotopic (exact) mass is 222 g/mol. The maximum Gasteiger partial charge on any atom is 0.192 e. The fourth-order valence-corrected chi connectivity index (χ4v) is 1.55. The Balaban J connectivity index is 4.12. The highest BCUT2D eigenvalue weighted by Crippen LogP contribution is 2.36. The lowest BCUT2D eigenvalue weighted by molar-refractivity contribution is -0.118. The molecule has 0 amide bonds. The van der Waals surface area contributed by atoms with Gasteiger partial charge in [0.15, 0.2) is 14.1 Å². The van der Waals surface area contributed by atoms with Crippen molar-refractivity contribution in [1.82, 2.24) is 0 Å². The molecule has 0 saturated heterocycles. The molecule has 0 saturated carbocycles. The quantitative estimate of drug-likeness (QED) is 0.540. The Morgan fingerprint density at radius 3 is 2.15 bits per heavy atom. The first-order valence-electron chi connectivity index (χ1n) is 4.42. The zero-order chi connectivity index (χ0) is 10.7. The minimum absolute atomic E-state index is 0.0357. The van der Waals surface area contributed by atoms with Gasteiger partial charge in [-0.3, -0.25) is 4.79 Å². The standard InChI is InChI=1S/C9H19ClO2Si/c1-9(2,3)13(4,5)12-7-8(11)6-10/h6-7H2,1-5H3. The fraction of sp³-hybridized carbons (Fsp3) is 0.889. The lowest BCUT2D eigenvalue weighted by atomic mass is 10.2. The van der Waals surface area contributed by atoms with E-state index in [9.17, 15) is 4.79 Å². The van der Waals surface area contributed by atoms with E-state index >= 15 is 0 Å². The highest BCUT2D eigenvalue weighted by Gasteiger charge is 2.37. The zero-order valence-electron chi connectivity index (χ0n) is 9.11. The third-order valence-corrected chi connectivity index (χ3v) is 7.33. The largest absolute Gasteiger partial charge is 0.409 e. The molecule has 0 heterocycles. The van der Waals surface area contributed by atoms with Crippen LogP contribution in [0.1, 0.15) is 20.8 Å². The number of alkyl halides is 1. The van der Waals surface area contributed by atoms with E-state index in [1.807, 2.05) is 0 Å². The summed E-state index contributed by atoms with van der Waals surface area (Å²) >= 11 is 5.38. The Labute approximate surface area is 86.7 Å². The summed E-state index contributed by atoms with van der Waals surface area (Å²) in [5, 5.41) is 0.152. The average Bonchev–Trinajstić information content (AvgIpc) is 1.98. The molecule has 0 radical (unpaired) electrons. The van der Waals surface area contributed by atoms with Gasteiger partial charge < -0.3 is 4.43 Å². The highest BCUT2D eigenvalue weighted by atomic mass is 35.5. The summed E-state index contributed by atoms with van der Waals surface area (Å²) in [7, 11) is -1.76. The van der Waals surface area contributed by atoms with Crippen LogP contribution in [0, 0.1) is 0 Å². The number of halogens is 1. The average molecular weight is 223 g/mol. The minimum atomic E-state index is -1.76. The van der Waals surface area contributed by atoms with Gasteiger partial charge in [-0.15, -0.1) is 11.6 Å². The van der Waals surface area contributed by atoms with Crippen molar-refractivity contribution in [2.45, 2.75) is 38.9 Å². The Hall–Kier alpha value is 0.137. The molecule has 0 unspecified atom stereocenters. The van der Waals surface area contributed by atoms with Gasteiger partial charge in [-0.05, 0) is 18.1 Å². The van der Waals surface area contributed by atoms with E-state index in [2.05, 4.69) is 33.9 Å². The van der Waals surface area contributed by atoms with Crippen molar-refractivity contribution in [3.8, 4) is 0 Å². The van der Waals surface area contributed by atoms with Crippen LogP contribution < -0.4 is 0 Å². The molecule has 0 N–H and O–H groups in total. The fourth-order valence-electron chi connectivity index (χ4n) is 0.516. The number of carbonyl (C=O) groups is 1. The van der Waals surface area contributed by atoms with Gasteiger partial charge in [0.1, 0.15) is 0 Å². The van der Waals surface area contributed by atoms with Crippen LogP contribution in [-0.4, -0.2) is 26.6 Å². The summed E-state index contributed by atoms with van der Waals surface area (Å²) in [6, 6.07) is 0. The zero-order valence-corrected chi connectivity index (χ0v) is 10.9. The second kappa shape index (κ2) is 4.58. The normalized spacial score (nSPS) is 13.1. The van der Waals surface area contributed by atoms with E-state index < -0.39 is 8.32 Å². The summed E-state index contributed by atoms with van der Waals surface area (Å²) in [6.07, 6.45) is 0. The third-order valence-electron chi connectivity index (χ3n) is 2.55. The molecule has 0 fully saturated rings.